The number of urea groups is 1. The van der Waals surface area contributed by atoms with Gasteiger partial charge in [0.05, 0.1) is 11.9 Å². The third-order valence-corrected chi connectivity index (χ3v) is 5.50. The zero-order valence-electron chi connectivity index (χ0n) is 17.7. The van der Waals surface area contributed by atoms with Crippen molar-refractivity contribution in [1.29, 1.82) is 0 Å². The molecule has 5 N–H and O–H groups in total. The van der Waals surface area contributed by atoms with Gasteiger partial charge in [0.1, 0.15) is 5.75 Å². The van der Waals surface area contributed by atoms with Crippen LogP contribution in [0.1, 0.15) is 38.5 Å². The molecule has 1 heterocycles. The van der Waals surface area contributed by atoms with Gasteiger partial charge >= 0.3 is 6.03 Å². The van der Waals surface area contributed by atoms with Crippen LogP contribution in [0.15, 0.2) is 30.6 Å². The second-order valence-corrected chi connectivity index (χ2v) is 7.91. The molecule has 1 fully saturated rings. The van der Waals surface area contributed by atoms with E-state index >= 15 is 0 Å². The number of carbonyl (C=O) groups excluding carboxylic acids is 2. The predicted molar refractivity (Wildman–Crippen MR) is 118 cm³/mol. The Morgan fingerprint density at radius 3 is 2.74 bits per heavy atom. The highest BCUT2D eigenvalue weighted by Crippen LogP contribution is 2.31. The van der Waals surface area contributed by atoms with Crippen LogP contribution in [0, 0.1) is 5.92 Å². The van der Waals surface area contributed by atoms with Crippen LogP contribution in [-0.4, -0.2) is 58.4 Å². The van der Waals surface area contributed by atoms with E-state index in [1.807, 2.05) is 6.07 Å². The van der Waals surface area contributed by atoms with Gasteiger partial charge in [-0.05, 0) is 42.9 Å². The number of nitrogens with two attached hydrogens (primary N) is 1. The maximum atomic E-state index is 13.1. The number of aromatic nitrogens is 2. The Morgan fingerprint density at radius 1 is 1.26 bits per heavy atom. The molecule has 0 unspecified atom stereocenters. The summed E-state index contributed by atoms with van der Waals surface area (Å²) in [6.45, 7) is 0.870. The molecule has 0 bridgehead atoms. The van der Waals surface area contributed by atoms with Gasteiger partial charge in [-0.25, -0.2) is 4.79 Å². The number of aromatic amines is 1. The van der Waals surface area contributed by atoms with Gasteiger partial charge in [-0.3, -0.25) is 9.89 Å². The highest BCUT2D eigenvalue weighted by Gasteiger charge is 2.22. The number of primary amides is 1. The van der Waals surface area contributed by atoms with E-state index in [9.17, 15) is 14.7 Å². The fourth-order valence-corrected chi connectivity index (χ4v) is 3.90. The quantitative estimate of drug-likeness (QED) is 0.461. The van der Waals surface area contributed by atoms with Gasteiger partial charge in [0.2, 0.25) is 0 Å². The minimum atomic E-state index is -0.604. The number of benzene rings is 1. The molecule has 1 aliphatic carbocycles. The molecule has 0 spiro atoms. The molecule has 31 heavy (non-hydrogen) atoms. The molecule has 1 aliphatic rings. The first kappa shape index (κ1) is 22.6. The lowest BCUT2D eigenvalue weighted by molar-refractivity contribution is -0.119. The van der Waals surface area contributed by atoms with Crippen LogP contribution in [0.2, 0.25) is 0 Å². The monoisotopic (exact) mass is 429 g/mol. The zero-order valence-corrected chi connectivity index (χ0v) is 17.7. The SMILES string of the molecule is NC(=O)COc1cc(-c2cn[nH]c2)ccc1NC(=O)N(CCCO)CC1CCCCC1. The van der Waals surface area contributed by atoms with Crippen LogP contribution in [0.5, 0.6) is 5.75 Å². The van der Waals surface area contributed by atoms with Gasteiger partial charge in [-0.2, -0.15) is 5.10 Å². The molecule has 3 amide bonds. The summed E-state index contributed by atoms with van der Waals surface area (Å²) in [6.07, 6.45) is 9.82. The summed E-state index contributed by atoms with van der Waals surface area (Å²) in [5.41, 5.74) is 7.36. The van der Waals surface area contributed by atoms with Crippen molar-refractivity contribution in [2.24, 2.45) is 11.7 Å². The number of H-pyrrole nitrogens is 1. The molecule has 0 saturated heterocycles. The van der Waals surface area contributed by atoms with E-state index in [4.69, 9.17) is 10.5 Å². The Kier molecular flexibility index (Phi) is 8.28. The average molecular weight is 430 g/mol. The minimum absolute atomic E-state index is 0.0286. The standard InChI is InChI=1S/C22H31N5O4/c23-21(29)15-31-20-11-17(18-12-24-25-13-18)7-8-19(20)26-22(30)27(9-4-10-28)14-16-5-2-1-3-6-16/h7-8,11-13,16,28H,1-6,9-10,14-15H2,(H2,23,29)(H,24,25)(H,26,30). The zero-order chi connectivity index (χ0) is 22.1. The first-order valence-corrected chi connectivity index (χ1v) is 10.8. The van der Waals surface area contributed by atoms with Crippen molar-refractivity contribution in [1.82, 2.24) is 15.1 Å². The Hall–Kier alpha value is -3.07. The summed E-state index contributed by atoms with van der Waals surface area (Å²) in [4.78, 5) is 26.1. The molecule has 2 aromatic rings. The van der Waals surface area contributed by atoms with E-state index in [-0.39, 0.29) is 19.2 Å². The van der Waals surface area contributed by atoms with Crippen molar-refractivity contribution in [3.05, 3.63) is 30.6 Å². The maximum Gasteiger partial charge on any atom is 0.321 e. The Balaban J connectivity index is 1.76. The summed E-state index contributed by atoms with van der Waals surface area (Å²) in [7, 11) is 0. The summed E-state index contributed by atoms with van der Waals surface area (Å²) in [6, 6.07) is 5.07. The van der Waals surface area contributed by atoms with Crippen LogP contribution < -0.4 is 15.8 Å². The number of amides is 3. The molecule has 1 aromatic heterocycles. The Bertz CT molecular complexity index is 850. The number of rotatable bonds is 10. The number of hydrogen-bond acceptors (Lipinski definition) is 5. The molecular weight excluding hydrogens is 398 g/mol. The lowest BCUT2D eigenvalue weighted by atomic mass is 9.89. The number of aliphatic hydroxyl groups is 1. The van der Waals surface area contributed by atoms with Gasteiger partial charge in [0.25, 0.3) is 5.91 Å². The number of carbonyl (C=O) groups is 2. The Morgan fingerprint density at radius 2 is 2.06 bits per heavy atom. The van der Waals surface area contributed by atoms with Gasteiger partial charge in [-0.15, -0.1) is 0 Å². The van der Waals surface area contributed by atoms with Crippen LogP contribution in [-0.2, 0) is 4.79 Å². The predicted octanol–water partition coefficient (Wildman–Crippen LogP) is 2.74. The molecular formula is C22H31N5O4. The van der Waals surface area contributed by atoms with Crippen molar-refractivity contribution in [2.75, 3.05) is 31.6 Å². The molecule has 168 valence electrons. The topological polar surface area (TPSA) is 134 Å². The second kappa shape index (κ2) is 11.4. The molecule has 0 radical (unpaired) electrons. The van der Waals surface area contributed by atoms with E-state index in [2.05, 4.69) is 15.5 Å². The molecule has 0 atom stereocenters. The van der Waals surface area contributed by atoms with Gasteiger partial charge in [0, 0.05) is 31.5 Å². The fourth-order valence-electron chi connectivity index (χ4n) is 3.90. The second-order valence-electron chi connectivity index (χ2n) is 7.91. The van der Waals surface area contributed by atoms with Crippen LogP contribution in [0.25, 0.3) is 11.1 Å². The number of aliphatic hydroxyl groups excluding tert-OH is 1. The normalized spacial score (nSPS) is 14.2. The van der Waals surface area contributed by atoms with E-state index in [0.29, 0.717) is 36.9 Å². The average Bonchev–Trinajstić information content (AvgIpc) is 3.31. The summed E-state index contributed by atoms with van der Waals surface area (Å²) in [5, 5.41) is 18.9. The summed E-state index contributed by atoms with van der Waals surface area (Å²) in [5.74, 6) is 0.228. The Labute approximate surface area is 182 Å². The van der Waals surface area contributed by atoms with Crippen LogP contribution >= 0.6 is 0 Å². The molecule has 1 saturated carbocycles. The van der Waals surface area contributed by atoms with Gasteiger partial charge < -0.3 is 25.8 Å². The molecule has 9 heteroatoms. The highest BCUT2D eigenvalue weighted by molar-refractivity contribution is 5.91. The van der Waals surface area contributed by atoms with Crippen LogP contribution in [0.3, 0.4) is 0 Å². The number of nitrogens with one attached hydrogen (secondary N) is 2. The molecule has 3 rings (SSSR count). The maximum absolute atomic E-state index is 13.1. The van der Waals surface area contributed by atoms with Gasteiger partial charge in [0.15, 0.2) is 6.61 Å². The van der Waals surface area contributed by atoms with Crippen molar-refractivity contribution in [3.63, 3.8) is 0 Å². The lowest BCUT2D eigenvalue weighted by Crippen LogP contribution is -2.40. The molecule has 1 aromatic carbocycles. The lowest BCUT2D eigenvalue weighted by Gasteiger charge is -2.30. The number of nitrogens with zero attached hydrogens (tertiary/aromatic N) is 2. The van der Waals surface area contributed by atoms with E-state index in [1.165, 1.54) is 19.3 Å². The van der Waals surface area contributed by atoms with Crippen molar-refractivity contribution >= 4 is 17.6 Å². The van der Waals surface area contributed by atoms with Crippen molar-refractivity contribution in [2.45, 2.75) is 38.5 Å². The van der Waals surface area contributed by atoms with E-state index in [0.717, 1.165) is 24.0 Å². The smallest absolute Gasteiger partial charge is 0.321 e. The molecule has 0 aliphatic heterocycles. The number of anilines is 1. The molecule has 9 nitrogen and oxygen atoms in total. The van der Waals surface area contributed by atoms with Gasteiger partial charge in [-0.1, -0.05) is 25.3 Å². The van der Waals surface area contributed by atoms with Crippen LogP contribution in [0.4, 0.5) is 10.5 Å². The number of ether oxygens (including phenoxy) is 1. The summed E-state index contributed by atoms with van der Waals surface area (Å²) < 4.78 is 5.57. The van der Waals surface area contributed by atoms with Crippen molar-refractivity contribution in [3.8, 4) is 16.9 Å². The van der Waals surface area contributed by atoms with E-state index in [1.54, 1.807) is 29.4 Å². The van der Waals surface area contributed by atoms with Crippen molar-refractivity contribution < 1.29 is 19.4 Å². The number of hydrogen-bond donors (Lipinski definition) is 4. The highest BCUT2D eigenvalue weighted by atomic mass is 16.5. The fraction of sp³-hybridized carbons (Fsp3) is 0.500. The third-order valence-electron chi connectivity index (χ3n) is 5.50. The minimum Gasteiger partial charge on any atom is -0.482 e. The van der Waals surface area contributed by atoms with E-state index < -0.39 is 5.91 Å². The first-order valence-electron chi connectivity index (χ1n) is 10.8. The summed E-state index contributed by atoms with van der Waals surface area (Å²) >= 11 is 0. The third kappa shape index (κ3) is 6.71. The first-order chi connectivity index (χ1) is 15.1. The largest absolute Gasteiger partial charge is 0.482 e.